The molecule has 4 rings (SSSR count). The van der Waals surface area contributed by atoms with E-state index < -0.39 is 0 Å². The molecule has 0 atom stereocenters. The largest absolute Gasteiger partial charge is 0.326 e. The highest BCUT2D eigenvalue weighted by Gasteiger charge is 2.17. The first-order valence-corrected chi connectivity index (χ1v) is 9.61. The first-order chi connectivity index (χ1) is 14.4. The van der Waals surface area contributed by atoms with Crippen LogP contribution in [-0.2, 0) is 11.2 Å². The zero-order chi connectivity index (χ0) is 21.3. The van der Waals surface area contributed by atoms with Crippen molar-refractivity contribution >= 4 is 23.2 Å². The number of amides is 1. The molecule has 0 unspecified atom stereocenters. The zero-order valence-electron chi connectivity index (χ0n) is 17.0. The summed E-state index contributed by atoms with van der Waals surface area (Å²) in [5.74, 6) is 0.856. The van der Waals surface area contributed by atoms with Gasteiger partial charge in [0.05, 0.1) is 6.42 Å². The van der Waals surface area contributed by atoms with Crippen LogP contribution in [-0.4, -0.2) is 31.3 Å². The number of fused-ring (bicyclic) bond motifs is 1. The Bertz CT molecular complexity index is 1260. The van der Waals surface area contributed by atoms with Crippen molar-refractivity contribution in [2.24, 2.45) is 0 Å². The van der Waals surface area contributed by atoms with Gasteiger partial charge in [-0.1, -0.05) is 42.5 Å². The molecule has 7 nitrogen and oxygen atoms in total. The Balaban J connectivity index is 1.61. The molecule has 0 aliphatic heterocycles. The van der Waals surface area contributed by atoms with Crippen LogP contribution < -0.4 is 5.32 Å². The number of nitrogens with zero attached hydrogens (tertiary/aromatic N) is 4. The summed E-state index contributed by atoms with van der Waals surface area (Å²) in [5.41, 5.74) is 4.40. The fourth-order valence-corrected chi connectivity index (χ4v) is 3.36. The van der Waals surface area contributed by atoms with Crippen molar-refractivity contribution < 1.29 is 9.59 Å². The van der Waals surface area contributed by atoms with Crippen LogP contribution in [0.1, 0.15) is 34.2 Å². The van der Waals surface area contributed by atoms with Gasteiger partial charge in [-0.25, -0.2) is 9.50 Å². The molecular weight excluding hydrogens is 378 g/mol. The van der Waals surface area contributed by atoms with Gasteiger partial charge in [0.15, 0.2) is 11.6 Å². The van der Waals surface area contributed by atoms with E-state index >= 15 is 0 Å². The second-order valence-electron chi connectivity index (χ2n) is 7.14. The normalized spacial score (nSPS) is 10.9. The lowest BCUT2D eigenvalue weighted by Crippen LogP contribution is -2.18. The van der Waals surface area contributed by atoms with Gasteiger partial charge < -0.3 is 5.32 Å². The fourth-order valence-electron chi connectivity index (χ4n) is 3.36. The highest BCUT2D eigenvalue weighted by atomic mass is 16.1. The van der Waals surface area contributed by atoms with Crippen LogP contribution in [0.4, 0.5) is 5.69 Å². The van der Waals surface area contributed by atoms with Gasteiger partial charge in [-0.15, -0.1) is 5.10 Å². The molecule has 0 bridgehead atoms. The first-order valence-electron chi connectivity index (χ1n) is 9.61. The third-order valence-corrected chi connectivity index (χ3v) is 4.97. The number of aromatic nitrogens is 4. The Morgan fingerprint density at radius 3 is 2.50 bits per heavy atom. The van der Waals surface area contributed by atoms with Gasteiger partial charge in [0.25, 0.3) is 5.78 Å². The number of rotatable bonds is 5. The van der Waals surface area contributed by atoms with Crippen molar-refractivity contribution in [1.82, 2.24) is 19.6 Å². The predicted molar refractivity (Wildman–Crippen MR) is 114 cm³/mol. The number of carbonyl (C=O) groups excluding carboxylic acids is 2. The lowest BCUT2D eigenvalue weighted by Gasteiger charge is -2.11. The molecule has 4 aromatic rings. The molecule has 2 heterocycles. The van der Waals surface area contributed by atoms with Crippen molar-refractivity contribution in [3.05, 3.63) is 77.1 Å². The average molecular weight is 399 g/mol. The minimum absolute atomic E-state index is 0.0483. The predicted octanol–water partition coefficient (Wildman–Crippen LogP) is 3.79. The Morgan fingerprint density at radius 2 is 1.77 bits per heavy atom. The SMILES string of the molecule is CC(=O)c1cccc(NC(=O)Cc2c(C)nc3nc(-c4ccccc4)nn3c2C)c1. The van der Waals surface area contributed by atoms with Gasteiger partial charge in [-0.3, -0.25) is 9.59 Å². The van der Waals surface area contributed by atoms with Gasteiger partial charge in [-0.2, -0.15) is 4.98 Å². The lowest BCUT2D eigenvalue weighted by molar-refractivity contribution is -0.115. The number of aryl methyl sites for hydroxylation is 2. The van der Waals surface area contributed by atoms with Crippen LogP contribution >= 0.6 is 0 Å². The highest BCUT2D eigenvalue weighted by Crippen LogP contribution is 2.20. The highest BCUT2D eigenvalue weighted by molar-refractivity contribution is 5.97. The molecule has 1 amide bonds. The maximum Gasteiger partial charge on any atom is 0.253 e. The molecule has 30 heavy (non-hydrogen) atoms. The van der Waals surface area contributed by atoms with E-state index in [-0.39, 0.29) is 18.1 Å². The summed E-state index contributed by atoms with van der Waals surface area (Å²) in [6.07, 6.45) is 0.144. The van der Waals surface area contributed by atoms with Crippen molar-refractivity contribution in [3.63, 3.8) is 0 Å². The van der Waals surface area contributed by atoms with Gasteiger partial charge in [0, 0.05) is 33.8 Å². The first kappa shape index (κ1) is 19.4. The van der Waals surface area contributed by atoms with E-state index in [1.807, 2.05) is 44.2 Å². The number of hydrogen-bond donors (Lipinski definition) is 1. The van der Waals surface area contributed by atoms with Gasteiger partial charge >= 0.3 is 0 Å². The average Bonchev–Trinajstić information content (AvgIpc) is 3.16. The van der Waals surface area contributed by atoms with Gasteiger partial charge in [0.2, 0.25) is 5.91 Å². The van der Waals surface area contributed by atoms with Crippen molar-refractivity contribution in [2.45, 2.75) is 27.2 Å². The van der Waals surface area contributed by atoms with Gasteiger partial charge in [0.1, 0.15) is 0 Å². The molecule has 2 aromatic heterocycles. The molecule has 0 fully saturated rings. The summed E-state index contributed by atoms with van der Waals surface area (Å²) in [6, 6.07) is 16.6. The fraction of sp³-hybridized carbons (Fsp3) is 0.174. The smallest absolute Gasteiger partial charge is 0.253 e. The van der Waals surface area contributed by atoms with Crippen LogP contribution in [0.15, 0.2) is 54.6 Å². The molecule has 2 aromatic carbocycles. The van der Waals surface area contributed by atoms with E-state index in [1.165, 1.54) is 6.92 Å². The maximum atomic E-state index is 12.7. The molecule has 0 aliphatic carbocycles. The number of nitrogens with one attached hydrogen (secondary N) is 1. The summed E-state index contributed by atoms with van der Waals surface area (Å²) >= 11 is 0. The Morgan fingerprint density at radius 1 is 1.00 bits per heavy atom. The number of ketones is 1. The molecule has 0 saturated heterocycles. The Hall–Kier alpha value is -3.87. The monoisotopic (exact) mass is 399 g/mol. The van der Waals surface area contributed by atoms with Crippen LogP contribution in [0.3, 0.4) is 0 Å². The minimum Gasteiger partial charge on any atom is -0.326 e. The van der Waals surface area contributed by atoms with E-state index in [2.05, 4.69) is 20.4 Å². The quantitative estimate of drug-likeness (QED) is 0.516. The third-order valence-electron chi connectivity index (χ3n) is 4.97. The van der Waals surface area contributed by atoms with E-state index in [4.69, 9.17) is 0 Å². The van der Waals surface area contributed by atoms with Crippen molar-refractivity contribution in [3.8, 4) is 11.4 Å². The zero-order valence-corrected chi connectivity index (χ0v) is 17.0. The van der Waals surface area contributed by atoms with Crippen molar-refractivity contribution in [2.75, 3.05) is 5.32 Å². The van der Waals surface area contributed by atoms with E-state index in [0.717, 1.165) is 22.5 Å². The second-order valence-corrected chi connectivity index (χ2v) is 7.14. The summed E-state index contributed by atoms with van der Waals surface area (Å²) in [7, 11) is 0. The minimum atomic E-state index is -0.188. The summed E-state index contributed by atoms with van der Waals surface area (Å²) in [4.78, 5) is 33.3. The molecule has 1 N–H and O–H groups in total. The molecule has 0 radical (unpaired) electrons. The summed E-state index contributed by atoms with van der Waals surface area (Å²) < 4.78 is 1.67. The molecule has 7 heteroatoms. The summed E-state index contributed by atoms with van der Waals surface area (Å²) in [6.45, 7) is 5.27. The van der Waals surface area contributed by atoms with Crippen molar-refractivity contribution in [1.29, 1.82) is 0 Å². The summed E-state index contributed by atoms with van der Waals surface area (Å²) in [5, 5.41) is 7.44. The van der Waals surface area contributed by atoms with E-state index in [1.54, 1.807) is 28.8 Å². The van der Waals surface area contributed by atoms with Gasteiger partial charge in [-0.05, 0) is 32.9 Å². The van der Waals surface area contributed by atoms with Crippen LogP contribution in [0, 0.1) is 13.8 Å². The number of carbonyl (C=O) groups is 2. The molecular formula is C23H21N5O2. The van der Waals surface area contributed by atoms with E-state index in [9.17, 15) is 9.59 Å². The van der Waals surface area contributed by atoms with Crippen LogP contribution in [0.2, 0.25) is 0 Å². The number of benzene rings is 2. The molecule has 0 spiro atoms. The molecule has 0 aliphatic rings. The van der Waals surface area contributed by atoms with E-state index in [0.29, 0.717) is 22.9 Å². The third kappa shape index (κ3) is 3.82. The number of Topliss-reactive ketones (excluding diaryl/α,β-unsaturated/α-hetero) is 1. The topological polar surface area (TPSA) is 89.2 Å². The Labute approximate surface area is 173 Å². The maximum absolute atomic E-state index is 12.7. The second kappa shape index (κ2) is 7.87. The lowest BCUT2D eigenvalue weighted by atomic mass is 10.1. The number of anilines is 1. The number of hydrogen-bond acceptors (Lipinski definition) is 5. The Kier molecular flexibility index (Phi) is 5.10. The molecule has 150 valence electrons. The standard InChI is InChI=1S/C23H21N5O2/c1-14-20(13-21(30)25-19-11-7-10-18(12-19)16(3)29)15(2)28-23(24-14)26-22(27-28)17-8-5-4-6-9-17/h4-12H,13H2,1-3H3,(H,25,30). The van der Waals surface area contributed by atoms with Crippen LogP contribution in [0.25, 0.3) is 17.2 Å². The van der Waals surface area contributed by atoms with Crippen LogP contribution in [0.5, 0.6) is 0 Å². The molecule has 0 saturated carbocycles.